The fourth-order valence-electron chi connectivity index (χ4n) is 2.59. The van der Waals surface area contributed by atoms with E-state index in [2.05, 4.69) is 19.1 Å². The highest BCUT2D eigenvalue weighted by Gasteiger charge is 2.25. The van der Waals surface area contributed by atoms with Crippen molar-refractivity contribution in [3.8, 4) is 11.1 Å². The van der Waals surface area contributed by atoms with Crippen LogP contribution in [0.2, 0.25) is 0 Å². The van der Waals surface area contributed by atoms with Gasteiger partial charge in [0.2, 0.25) is 0 Å². The van der Waals surface area contributed by atoms with E-state index in [1.54, 1.807) is 12.1 Å². The molecule has 0 aliphatic heterocycles. The number of hydrogen-bond acceptors (Lipinski definition) is 1. The van der Waals surface area contributed by atoms with E-state index in [0.717, 1.165) is 11.1 Å². The fraction of sp³-hybridized carbons (Fsp3) is 0.133. The number of carbonyl (C=O) groups is 1. The number of hydrogen-bond donors (Lipinski definition) is 1. The van der Waals surface area contributed by atoms with Gasteiger partial charge in [-0.2, -0.15) is 0 Å². The summed E-state index contributed by atoms with van der Waals surface area (Å²) >= 11 is 0. The maximum Gasteiger partial charge on any atom is 0.335 e. The maximum atomic E-state index is 11.0. The zero-order valence-electron chi connectivity index (χ0n) is 9.47. The Morgan fingerprint density at radius 3 is 2.53 bits per heavy atom. The second-order valence-electron chi connectivity index (χ2n) is 4.42. The van der Waals surface area contributed by atoms with Crippen LogP contribution in [-0.4, -0.2) is 11.1 Å². The Kier molecular flexibility index (Phi) is 2.05. The van der Waals surface area contributed by atoms with Gasteiger partial charge in [-0.15, -0.1) is 0 Å². The predicted octanol–water partition coefficient (Wildman–Crippen LogP) is 3.52. The van der Waals surface area contributed by atoms with Crippen molar-refractivity contribution < 1.29 is 9.90 Å². The molecule has 1 aliphatic carbocycles. The van der Waals surface area contributed by atoms with E-state index >= 15 is 0 Å². The van der Waals surface area contributed by atoms with Crippen LogP contribution in [0.15, 0.2) is 42.5 Å². The van der Waals surface area contributed by atoms with Gasteiger partial charge in [0.25, 0.3) is 0 Å². The van der Waals surface area contributed by atoms with Gasteiger partial charge in [0.05, 0.1) is 5.56 Å². The van der Waals surface area contributed by atoms with Gasteiger partial charge in [-0.25, -0.2) is 4.79 Å². The van der Waals surface area contributed by atoms with Gasteiger partial charge in [-0.3, -0.25) is 0 Å². The molecule has 1 atom stereocenters. The molecule has 3 rings (SSSR count). The van der Waals surface area contributed by atoms with Gasteiger partial charge in [0, 0.05) is 5.92 Å². The highest BCUT2D eigenvalue weighted by molar-refractivity contribution is 5.90. The first-order chi connectivity index (χ1) is 8.18. The van der Waals surface area contributed by atoms with Crippen molar-refractivity contribution in [2.75, 3.05) is 0 Å². The molecule has 0 bridgehead atoms. The monoisotopic (exact) mass is 224 g/mol. The van der Waals surface area contributed by atoms with Gasteiger partial charge >= 0.3 is 5.97 Å². The molecule has 0 heterocycles. The zero-order valence-corrected chi connectivity index (χ0v) is 9.47. The average Bonchev–Trinajstić information content (AvgIpc) is 2.64. The third-order valence-corrected chi connectivity index (χ3v) is 3.48. The number of carboxylic acid groups (broad SMARTS) is 1. The standard InChI is InChI=1S/C15H12O2/c1-9-11-4-2-3-5-12(11)13-7-6-10(15(16)17)8-14(9)13/h2-9H,1H3,(H,16,17). The van der Waals surface area contributed by atoms with Crippen molar-refractivity contribution >= 4 is 5.97 Å². The smallest absolute Gasteiger partial charge is 0.335 e. The van der Waals surface area contributed by atoms with E-state index in [-0.39, 0.29) is 5.92 Å². The van der Waals surface area contributed by atoms with E-state index in [1.807, 2.05) is 18.2 Å². The lowest BCUT2D eigenvalue weighted by molar-refractivity contribution is 0.0697. The Morgan fingerprint density at radius 1 is 1.06 bits per heavy atom. The summed E-state index contributed by atoms with van der Waals surface area (Å²) in [6.45, 7) is 2.12. The molecule has 0 aromatic heterocycles. The Bertz CT molecular complexity index is 614. The molecule has 2 aromatic rings. The average molecular weight is 224 g/mol. The lowest BCUT2D eigenvalue weighted by Gasteiger charge is -2.06. The van der Waals surface area contributed by atoms with Crippen LogP contribution in [0.4, 0.5) is 0 Å². The molecule has 2 nitrogen and oxygen atoms in total. The number of rotatable bonds is 1. The van der Waals surface area contributed by atoms with E-state index in [9.17, 15) is 4.79 Å². The van der Waals surface area contributed by atoms with Crippen LogP contribution in [0.5, 0.6) is 0 Å². The maximum absolute atomic E-state index is 11.0. The molecular weight excluding hydrogens is 212 g/mol. The first kappa shape index (κ1) is 10.1. The molecule has 2 aromatic carbocycles. The zero-order chi connectivity index (χ0) is 12.0. The number of carboxylic acids is 1. The van der Waals surface area contributed by atoms with Gasteiger partial charge in [0.1, 0.15) is 0 Å². The lowest BCUT2D eigenvalue weighted by atomic mass is 9.98. The number of aromatic carboxylic acids is 1. The van der Waals surface area contributed by atoms with Crippen LogP contribution in [0.1, 0.15) is 34.3 Å². The summed E-state index contributed by atoms with van der Waals surface area (Å²) < 4.78 is 0. The Morgan fingerprint density at radius 2 is 1.76 bits per heavy atom. The first-order valence-electron chi connectivity index (χ1n) is 5.65. The number of fused-ring (bicyclic) bond motifs is 3. The predicted molar refractivity (Wildman–Crippen MR) is 66.4 cm³/mol. The fourth-order valence-corrected chi connectivity index (χ4v) is 2.59. The molecule has 0 amide bonds. The molecule has 1 aliphatic rings. The van der Waals surface area contributed by atoms with Gasteiger partial charge in [0.15, 0.2) is 0 Å². The van der Waals surface area contributed by atoms with E-state index in [4.69, 9.17) is 5.11 Å². The van der Waals surface area contributed by atoms with Crippen molar-refractivity contribution in [3.63, 3.8) is 0 Å². The summed E-state index contributed by atoms with van der Waals surface area (Å²) in [7, 11) is 0. The summed E-state index contributed by atoms with van der Waals surface area (Å²) in [6.07, 6.45) is 0. The van der Waals surface area contributed by atoms with E-state index < -0.39 is 5.97 Å². The van der Waals surface area contributed by atoms with Crippen molar-refractivity contribution in [1.82, 2.24) is 0 Å². The minimum atomic E-state index is -0.865. The summed E-state index contributed by atoms with van der Waals surface area (Å²) in [5.74, 6) is -0.587. The Hall–Kier alpha value is -2.09. The highest BCUT2D eigenvalue weighted by atomic mass is 16.4. The molecule has 0 fully saturated rings. The summed E-state index contributed by atoms with van der Waals surface area (Å²) in [6, 6.07) is 13.6. The van der Waals surface area contributed by atoms with Gasteiger partial charge < -0.3 is 5.11 Å². The quantitative estimate of drug-likeness (QED) is 0.804. The third kappa shape index (κ3) is 1.37. The second-order valence-corrected chi connectivity index (χ2v) is 4.42. The van der Waals surface area contributed by atoms with Crippen molar-refractivity contribution in [1.29, 1.82) is 0 Å². The summed E-state index contributed by atoms with van der Waals surface area (Å²) in [5.41, 5.74) is 5.16. The molecule has 0 saturated carbocycles. The second kappa shape index (κ2) is 3.45. The first-order valence-corrected chi connectivity index (χ1v) is 5.65. The SMILES string of the molecule is CC1c2ccccc2-c2ccc(C(=O)O)cc21. The van der Waals surface area contributed by atoms with Crippen LogP contribution in [0.25, 0.3) is 11.1 Å². The molecule has 0 saturated heterocycles. The van der Waals surface area contributed by atoms with E-state index in [0.29, 0.717) is 5.56 Å². The largest absolute Gasteiger partial charge is 0.478 e. The summed E-state index contributed by atoms with van der Waals surface area (Å²) in [4.78, 5) is 11.0. The van der Waals surface area contributed by atoms with Gasteiger partial charge in [-0.05, 0) is 34.4 Å². The Balaban J connectivity index is 2.24. The van der Waals surface area contributed by atoms with Crippen LogP contribution in [-0.2, 0) is 0 Å². The molecular formula is C15H12O2. The minimum absolute atomic E-state index is 0.278. The molecule has 2 heteroatoms. The van der Waals surface area contributed by atoms with E-state index in [1.165, 1.54) is 11.1 Å². The molecule has 84 valence electrons. The van der Waals surface area contributed by atoms with Crippen molar-refractivity contribution in [3.05, 3.63) is 59.2 Å². The highest BCUT2D eigenvalue weighted by Crippen LogP contribution is 2.44. The minimum Gasteiger partial charge on any atom is -0.478 e. The molecule has 17 heavy (non-hydrogen) atoms. The Labute approximate surface area is 99.5 Å². The molecule has 0 spiro atoms. The van der Waals surface area contributed by atoms with Crippen LogP contribution in [0, 0.1) is 0 Å². The van der Waals surface area contributed by atoms with Crippen molar-refractivity contribution in [2.45, 2.75) is 12.8 Å². The summed E-state index contributed by atoms with van der Waals surface area (Å²) in [5, 5.41) is 9.02. The van der Waals surface area contributed by atoms with Gasteiger partial charge in [-0.1, -0.05) is 37.3 Å². The lowest BCUT2D eigenvalue weighted by Crippen LogP contribution is -1.98. The third-order valence-electron chi connectivity index (χ3n) is 3.48. The van der Waals surface area contributed by atoms with Crippen LogP contribution >= 0.6 is 0 Å². The molecule has 1 N–H and O–H groups in total. The van der Waals surface area contributed by atoms with Crippen LogP contribution in [0.3, 0.4) is 0 Å². The normalized spacial score (nSPS) is 16.4. The van der Waals surface area contributed by atoms with Crippen molar-refractivity contribution in [2.24, 2.45) is 0 Å². The van der Waals surface area contributed by atoms with Crippen LogP contribution < -0.4 is 0 Å². The molecule has 0 radical (unpaired) electrons. The number of benzene rings is 2. The molecule has 1 unspecified atom stereocenters. The topological polar surface area (TPSA) is 37.3 Å².